The fourth-order valence-corrected chi connectivity index (χ4v) is 4.45. The number of rotatable bonds is 2. The second-order valence-corrected chi connectivity index (χ2v) is 7.60. The molecule has 9 heteroatoms. The third-order valence-electron chi connectivity index (χ3n) is 5.08. The first-order valence-electron chi connectivity index (χ1n) is 8.80. The number of benzene rings is 2. The molecule has 0 bridgehead atoms. The number of para-hydroxylation sites is 1. The van der Waals surface area contributed by atoms with Crippen LogP contribution in [-0.2, 0) is 0 Å². The van der Waals surface area contributed by atoms with E-state index in [1.807, 2.05) is 30.3 Å². The Kier molecular flexibility index (Phi) is 3.94. The van der Waals surface area contributed by atoms with Gasteiger partial charge in [-0.3, -0.25) is 0 Å². The maximum absolute atomic E-state index is 14.1. The summed E-state index contributed by atoms with van der Waals surface area (Å²) < 4.78 is 47.8. The van der Waals surface area contributed by atoms with Crippen LogP contribution in [0, 0.1) is 5.92 Å². The SMILES string of the molecule is O[C@@]1(C(F)(F)F)[C@H]2COc3ccccc3C2=NN1c1nc(-c2ccccc2)cs1. The number of hydrogen-bond acceptors (Lipinski definition) is 6. The van der Waals surface area contributed by atoms with Crippen molar-refractivity contribution >= 4 is 22.2 Å². The van der Waals surface area contributed by atoms with Crippen LogP contribution in [0.2, 0.25) is 0 Å². The van der Waals surface area contributed by atoms with E-state index in [4.69, 9.17) is 4.74 Å². The minimum Gasteiger partial charge on any atom is -0.492 e. The highest BCUT2D eigenvalue weighted by Gasteiger charge is 2.69. The Labute approximate surface area is 167 Å². The summed E-state index contributed by atoms with van der Waals surface area (Å²) in [5.41, 5.74) is -1.39. The normalized spacial score (nSPS) is 23.2. The van der Waals surface area contributed by atoms with Crippen LogP contribution in [0.25, 0.3) is 11.3 Å². The summed E-state index contributed by atoms with van der Waals surface area (Å²) in [6, 6.07) is 15.8. The summed E-state index contributed by atoms with van der Waals surface area (Å²) >= 11 is 0.994. The molecule has 3 heterocycles. The van der Waals surface area contributed by atoms with Gasteiger partial charge in [0.2, 0.25) is 5.13 Å². The van der Waals surface area contributed by atoms with E-state index in [-0.39, 0.29) is 17.5 Å². The molecule has 29 heavy (non-hydrogen) atoms. The number of ether oxygens (including phenoxy) is 1. The first-order chi connectivity index (χ1) is 13.9. The monoisotopic (exact) mass is 417 g/mol. The lowest BCUT2D eigenvalue weighted by Crippen LogP contribution is -2.61. The fraction of sp³-hybridized carbons (Fsp3) is 0.200. The number of hydrazone groups is 1. The third kappa shape index (κ3) is 2.65. The highest BCUT2D eigenvalue weighted by atomic mass is 32.1. The lowest BCUT2D eigenvalue weighted by Gasteiger charge is -2.38. The molecule has 2 aromatic carbocycles. The molecule has 1 N–H and O–H groups in total. The van der Waals surface area contributed by atoms with Crippen molar-refractivity contribution in [1.82, 2.24) is 4.98 Å². The third-order valence-corrected chi connectivity index (χ3v) is 5.89. The van der Waals surface area contributed by atoms with Gasteiger partial charge >= 0.3 is 6.18 Å². The number of aliphatic hydroxyl groups is 1. The molecule has 2 aliphatic heterocycles. The number of aromatic nitrogens is 1. The van der Waals surface area contributed by atoms with E-state index in [0.717, 1.165) is 16.9 Å². The van der Waals surface area contributed by atoms with E-state index in [2.05, 4.69) is 10.1 Å². The van der Waals surface area contributed by atoms with Crippen molar-refractivity contribution in [2.75, 3.05) is 11.6 Å². The van der Waals surface area contributed by atoms with Crippen LogP contribution in [0.15, 0.2) is 65.1 Å². The Morgan fingerprint density at radius 2 is 1.83 bits per heavy atom. The van der Waals surface area contributed by atoms with Gasteiger partial charge in [0.15, 0.2) is 0 Å². The molecule has 148 valence electrons. The zero-order chi connectivity index (χ0) is 20.2. The van der Waals surface area contributed by atoms with Gasteiger partial charge in [0, 0.05) is 16.5 Å². The number of fused-ring (bicyclic) bond motifs is 3. The van der Waals surface area contributed by atoms with Crippen molar-refractivity contribution in [1.29, 1.82) is 0 Å². The van der Waals surface area contributed by atoms with Crippen molar-refractivity contribution in [3.05, 3.63) is 65.5 Å². The maximum Gasteiger partial charge on any atom is 0.439 e. The number of anilines is 1. The van der Waals surface area contributed by atoms with E-state index >= 15 is 0 Å². The summed E-state index contributed by atoms with van der Waals surface area (Å²) in [6.45, 7) is -0.334. The van der Waals surface area contributed by atoms with Gasteiger partial charge in [-0.25, -0.2) is 4.98 Å². The number of alkyl halides is 3. The molecule has 0 radical (unpaired) electrons. The fourth-order valence-electron chi connectivity index (χ4n) is 3.62. The molecule has 1 aromatic heterocycles. The quantitative estimate of drug-likeness (QED) is 0.676. The molecule has 5 rings (SSSR count). The van der Waals surface area contributed by atoms with Gasteiger partial charge < -0.3 is 9.84 Å². The summed E-state index contributed by atoms with van der Waals surface area (Å²) in [5, 5.41) is 17.3. The lowest BCUT2D eigenvalue weighted by molar-refractivity contribution is -0.270. The molecule has 0 fully saturated rings. The molecular weight excluding hydrogens is 403 g/mol. The van der Waals surface area contributed by atoms with E-state index < -0.39 is 17.8 Å². The van der Waals surface area contributed by atoms with E-state index in [9.17, 15) is 18.3 Å². The number of nitrogens with zero attached hydrogens (tertiary/aromatic N) is 3. The molecule has 0 spiro atoms. The lowest BCUT2D eigenvalue weighted by atomic mass is 9.86. The van der Waals surface area contributed by atoms with Crippen molar-refractivity contribution < 1.29 is 23.0 Å². The molecule has 0 amide bonds. The van der Waals surface area contributed by atoms with Gasteiger partial charge in [-0.15, -0.1) is 11.3 Å². The molecule has 0 saturated carbocycles. The average Bonchev–Trinajstić information content (AvgIpc) is 3.32. The molecular formula is C20H14F3N3O2S. The Morgan fingerprint density at radius 1 is 1.10 bits per heavy atom. The van der Waals surface area contributed by atoms with Gasteiger partial charge in [0.05, 0.1) is 17.3 Å². The predicted molar refractivity (Wildman–Crippen MR) is 103 cm³/mol. The van der Waals surface area contributed by atoms with Crippen LogP contribution in [0.4, 0.5) is 18.3 Å². The predicted octanol–water partition coefficient (Wildman–Crippen LogP) is 4.29. The van der Waals surface area contributed by atoms with Gasteiger partial charge in [0.25, 0.3) is 5.72 Å². The summed E-state index contributed by atoms with van der Waals surface area (Å²) in [4.78, 5) is 4.32. The van der Waals surface area contributed by atoms with Crippen LogP contribution >= 0.6 is 11.3 Å². The molecule has 2 atom stereocenters. The first kappa shape index (κ1) is 18.1. The molecule has 5 nitrogen and oxygen atoms in total. The summed E-state index contributed by atoms with van der Waals surface area (Å²) in [5.74, 6) is -0.945. The van der Waals surface area contributed by atoms with Crippen LogP contribution in [0.1, 0.15) is 5.56 Å². The Morgan fingerprint density at radius 3 is 2.59 bits per heavy atom. The number of hydrogen-bond donors (Lipinski definition) is 1. The molecule has 0 aliphatic carbocycles. The van der Waals surface area contributed by atoms with Crippen LogP contribution < -0.4 is 9.75 Å². The number of thiazole rings is 1. The second kappa shape index (κ2) is 6.30. The summed E-state index contributed by atoms with van der Waals surface area (Å²) in [6.07, 6.45) is -4.98. The minimum absolute atomic E-state index is 0.0388. The topological polar surface area (TPSA) is 58.0 Å². The zero-order valence-corrected chi connectivity index (χ0v) is 15.6. The minimum atomic E-state index is -4.98. The van der Waals surface area contributed by atoms with Crippen molar-refractivity contribution in [2.24, 2.45) is 11.0 Å². The highest BCUT2D eigenvalue weighted by molar-refractivity contribution is 7.14. The van der Waals surface area contributed by atoms with Gasteiger partial charge in [-0.05, 0) is 12.1 Å². The van der Waals surface area contributed by atoms with E-state index in [1.54, 1.807) is 29.6 Å². The average molecular weight is 417 g/mol. The van der Waals surface area contributed by atoms with E-state index in [0.29, 0.717) is 22.0 Å². The van der Waals surface area contributed by atoms with Crippen molar-refractivity contribution in [3.63, 3.8) is 0 Å². The highest BCUT2D eigenvalue weighted by Crippen LogP contribution is 2.50. The van der Waals surface area contributed by atoms with Gasteiger partial charge in [0.1, 0.15) is 12.4 Å². The smallest absolute Gasteiger partial charge is 0.439 e. The molecule has 2 aliphatic rings. The van der Waals surface area contributed by atoms with Crippen LogP contribution in [0.5, 0.6) is 5.75 Å². The van der Waals surface area contributed by atoms with Gasteiger partial charge in [-0.2, -0.15) is 23.3 Å². The van der Waals surface area contributed by atoms with Gasteiger partial charge in [-0.1, -0.05) is 42.5 Å². The second-order valence-electron chi connectivity index (χ2n) is 6.76. The molecule has 3 aromatic rings. The van der Waals surface area contributed by atoms with E-state index in [1.165, 1.54) is 0 Å². The Hall–Kier alpha value is -2.91. The molecule has 0 saturated heterocycles. The number of halogens is 3. The summed E-state index contributed by atoms with van der Waals surface area (Å²) in [7, 11) is 0. The first-order valence-corrected chi connectivity index (χ1v) is 9.68. The molecule has 0 unspecified atom stereocenters. The largest absolute Gasteiger partial charge is 0.492 e. The Balaban J connectivity index is 1.63. The standard InChI is InChI=1S/C20H14F3N3O2S/c21-20(22,23)19(27)14-10-28-16-9-5-4-8-13(16)17(14)25-26(19)18-24-15(11-29-18)12-6-2-1-3-7-12/h1-9,11,14,27H,10H2/t14-,19+/m0/s1. The Bertz CT molecular complexity index is 1100. The van der Waals surface area contributed by atoms with Crippen LogP contribution in [0.3, 0.4) is 0 Å². The van der Waals surface area contributed by atoms with Crippen molar-refractivity contribution in [3.8, 4) is 17.0 Å². The zero-order valence-electron chi connectivity index (χ0n) is 14.8. The maximum atomic E-state index is 14.1. The van der Waals surface area contributed by atoms with Crippen molar-refractivity contribution in [2.45, 2.75) is 11.9 Å². The van der Waals surface area contributed by atoms with Crippen LogP contribution in [-0.4, -0.2) is 34.3 Å².